The second-order valence-electron chi connectivity index (χ2n) is 10.9. The molecule has 2 aliphatic heterocycles. The molecule has 32 heavy (non-hydrogen) atoms. The van der Waals surface area contributed by atoms with Gasteiger partial charge in [0.1, 0.15) is 11.4 Å². The minimum atomic E-state index is -3.20. The molecule has 1 aromatic heterocycles. The van der Waals surface area contributed by atoms with Gasteiger partial charge in [-0.15, -0.1) is 0 Å². The number of nitrogens with zero attached hydrogens (tertiary/aromatic N) is 2. The number of hydrogen-bond donors (Lipinski definition) is 1. The van der Waals surface area contributed by atoms with E-state index in [2.05, 4.69) is 16.0 Å². The fourth-order valence-corrected chi connectivity index (χ4v) is 6.59. The smallest absolute Gasteiger partial charge is 0.175 e. The van der Waals surface area contributed by atoms with Crippen molar-refractivity contribution in [1.82, 2.24) is 9.88 Å². The van der Waals surface area contributed by atoms with Crippen molar-refractivity contribution in [2.75, 3.05) is 25.9 Å². The molecule has 0 bridgehead atoms. The van der Waals surface area contributed by atoms with Gasteiger partial charge < -0.3 is 14.7 Å². The summed E-state index contributed by atoms with van der Waals surface area (Å²) < 4.78 is 29.8. The van der Waals surface area contributed by atoms with Crippen LogP contribution in [0.3, 0.4) is 0 Å². The minimum Gasteiger partial charge on any atom is -0.485 e. The summed E-state index contributed by atoms with van der Waals surface area (Å²) >= 11 is 0. The first-order valence-electron chi connectivity index (χ1n) is 11.4. The molecule has 0 atom stereocenters. The average molecular weight is 457 g/mol. The van der Waals surface area contributed by atoms with Gasteiger partial charge >= 0.3 is 0 Å². The monoisotopic (exact) mass is 456 g/mol. The summed E-state index contributed by atoms with van der Waals surface area (Å²) in [5, 5.41) is 10.1. The first-order valence-corrected chi connectivity index (χ1v) is 13.3. The van der Waals surface area contributed by atoms with Crippen LogP contribution in [-0.4, -0.2) is 60.5 Å². The van der Waals surface area contributed by atoms with Gasteiger partial charge in [0.05, 0.1) is 22.4 Å². The lowest BCUT2D eigenvalue weighted by Crippen LogP contribution is -2.59. The molecule has 6 nitrogen and oxygen atoms in total. The van der Waals surface area contributed by atoms with E-state index in [1.165, 1.54) is 24.7 Å². The van der Waals surface area contributed by atoms with E-state index in [4.69, 9.17) is 4.74 Å². The number of fused-ring (bicyclic) bond motifs is 1. The molecule has 3 heterocycles. The van der Waals surface area contributed by atoms with Gasteiger partial charge in [-0.1, -0.05) is 12.1 Å². The maximum Gasteiger partial charge on any atom is 0.175 e. The van der Waals surface area contributed by atoms with E-state index in [1.807, 2.05) is 32.2 Å². The van der Waals surface area contributed by atoms with Crippen molar-refractivity contribution >= 4 is 9.84 Å². The number of benzene rings is 1. The van der Waals surface area contributed by atoms with Crippen molar-refractivity contribution in [1.29, 1.82) is 0 Å². The van der Waals surface area contributed by atoms with Crippen LogP contribution >= 0.6 is 0 Å². The summed E-state index contributed by atoms with van der Waals surface area (Å²) in [6, 6.07) is 9.00. The maximum atomic E-state index is 11.7. The highest BCUT2D eigenvalue weighted by molar-refractivity contribution is 7.90. The third kappa shape index (κ3) is 4.18. The Labute approximate surface area is 190 Å². The van der Waals surface area contributed by atoms with Gasteiger partial charge in [0.15, 0.2) is 9.84 Å². The van der Waals surface area contributed by atoms with E-state index >= 15 is 0 Å². The van der Waals surface area contributed by atoms with Crippen LogP contribution in [0, 0.1) is 5.41 Å². The third-order valence-electron chi connectivity index (χ3n) is 7.29. The lowest BCUT2D eigenvalue weighted by Gasteiger charge is -2.57. The van der Waals surface area contributed by atoms with E-state index in [9.17, 15) is 13.5 Å². The quantitative estimate of drug-likeness (QED) is 0.759. The van der Waals surface area contributed by atoms with Crippen molar-refractivity contribution in [2.24, 2.45) is 5.41 Å². The third-order valence-corrected chi connectivity index (χ3v) is 8.42. The minimum absolute atomic E-state index is 0.0960. The molecule has 2 spiro atoms. The van der Waals surface area contributed by atoms with Crippen molar-refractivity contribution in [3.63, 3.8) is 0 Å². The van der Waals surface area contributed by atoms with Gasteiger partial charge in [-0.05, 0) is 76.2 Å². The van der Waals surface area contributed by atoms with Crippen LogP contribution in [0.4, 0.5) is 0 Å². The molecule has 3 aliphatic rings. The fraction of sp³-hybridized carbons (Fsp3) is 0.560. The predicted molar refractivity (Wildman–Crippen MR) is 123 cm³/mol. The lowest BCUT2D eigenvalue weighted by atomic mass is 9.54. The first kappa shape index (κ1) is 21.9. The fourth-order valence-electron chi connectivity index (χ4n) is 5.96. The Bertz CT molecular complexity index is 1120. The number of sulfone groups is 1. The largest absolute Gasteiger partial charge is 0.485 e. The normalized spacial score (nSPS) is 21.9. The highest BCUT2D eigenvalue weighted by Crippen LogP contribution is 2.60. The Kier molecular flexibility index (Phi) is 4.97. The second kappa shape index (κ2) is 7.27. The molecule has 0 radical (unpaired) electrons. The number of piperidine rings is 1. The first-order chi connectivity index (χ1) is 14.9. The highest BCUT2D eigenvalue weighted by atomic mass is 32.2. The lowest BCUT2D eigenvalue weighted by molar-refractivity contribution is -0.124. The zero-order valence-electron chi connectivity index (χ0n) is 19.1. The molecule has 0 amide bonds. The molecule has 1 N–H and O–H groups in total. The average Bonchev–Trinajstić information content (AvgIpc) is 3.06. The van der Waals surface area contributed by atoms with E-state index in [0.717, 1.165) is 55.9 Å². The highest BCUT2D eigenvalue weighted by Gasteiger charge is 2.59. The molecular formula is C25H32N2O4S. The summed E-state index contributed by atoms with van der Waals surface area (Å²) in [7, 11) is -3.20. The van der Waals surface area contributed by atoms with Gasteiger partial charge in [-0.2, -0.15) is 0 Å². The van der Waals surface area contributed by atoms with Crippen LogP contribution < -0.4 is 4.74 Å². The summed E-state index contributed by atoms with van der Waals surface area (Å²) in [4.78, 5) is 7.28. The van der Waals surface area contributed by atoms with E-state index in [1.54, 1.807) is 12.1 Å². The number of hydrogen-bond acceptors (Lipinski definition) is 6. The van der Waals surface area contributed by atoms with E-state index < -0.39 is 15.4 Å². The van der Waals surface area contributed by atoms with Gasteiger partial charge in [-0.3, -0.25) is 4.98 Å². The van der Waals surface area contributed by atoms with Crippen molar-refractivity contribution < 1.29 is 18.3 Å². The van der Waals surface area contributed by atoms with Crippen molar-refractivity contribution in [2.45, 2.75) is 62.0 Å². The molecule has 2 aromatic rings. The van der Waals surface area contributed by atoms with E-state index in [-0.39, 0.29) is 5.60 Å². The molecule has 7 heteroatoms. The molecule has 2 fully saturated rings. The van der Waals surface area contributed by atoms with Crippen LogP contribution in [-0.2, 0) is 16.3 Å². The van der Waals surface area contributed by atoms with Gasteiger partial charge in [0.25, 0.3) is 0 Å². The second-order valence-corrected chi connectivity index (χ2v) is 12.9. The van der Waals surface area contributed by atoms with Crippen LogP contribution in [0.25, 0.3) is 11.3 Å². The molecule has 1 saturated carbocycles. The SMILES string of the molecule is CC(C)(O)CN1CCC2(CC1)CC1(Cc3cc(-c4ccc(S(C)(=O)=O)cc4)ncc3O1)C2. The van der Waals surface area contributed by atoms with E-state index in [0.29, 0.717) is 10.3 Å². The molecular weight excluding hydrogens is 424 g/mol. The van der Waals surface area contributed by atoms with Crippen LogP contribution in [0.5, 0.6) is 5.75 Å². The molecule has 1 aliphatic carbocycles. The summed E-state index contributed by atoms with van der Waals surface area (Å²) in [5.74, 6) is 0.885. The van der Waals surface area contributed by atoms with Gasteiger partial charge in [0, 0.05) is 30.3 Å². The Balaban J connectivity index is 1.24. The number of aromatic nitrogens is 1. The molecule has 1 aromatic carbocycles. The van der Waals surface area contributed by atoms with Crippen molar-refractivity contribution in [3.05, 3.63) is 42.1 Å². The van der Waals surface area contributed by atoms with Crippen LogP contribution in [0.15, 0.2) is 41.4 Å². The van der Waals surface area contributed by atoms with Crippen molar-refractivity contribution in [3.8, 4) is 17.0 Å². The zero-order valence-corrected chi connectivity index (χ0v) is 19.9. The number of rotatable bonds is 4. The number of pyridine rings is 1. The standard InChI is InChI=1S/C25H32N2O4S/c1-23(2,28)17-27-10-8-24(9-11-27)15-25(16-24)13-19-12-21(26-14-22(19)31-25)18-4-6-20(7-5-18)32(3,29)30/h4-7,12,14,28H,8-11,13,15-17H2,1-3H3. The molecule has 172 valence electrons. The Morgan fingerprint density at radius 3 is 2.41 bits per heavy atom. The van der Waals surface area contributed by atoms with Gasteiger partial charge in [0.2, 0.25) is 0 Å². The molecule has 0 unspecified atom stereocenters. The van der Waals surface area contributed by atoms with Gasteiger partial charge in [-0.25, -0.2) is 8.42 Å². The topological polar surface area (TPSA) is 79.7 Å². The van der Waals surface area contributed by atoms with Crippen LogP contribution in [0.2, 0.25) is 0 Å². The number of ether oxygens (including phenoxy) is 1. The zero-order chi connectivity index (χ0) is 22.8. The van der Waals surface area contributed by atoms with Crippen LogP contribution in [0.1, 0.15) is 45.1 Å². The number of β-amino-alcohol motifs (C(OH)–C–C–N with tert-alkyl or cyclic N) is 1. The maximum absolute atomic E-state index is 11.7. The Hall–Kier alpha value is -1.96. The number of aliphatic hydroxyl groups is 1. The Morgan fingerprint density at radius 1 is 1.16 bits per heavy atom. The predicted octanol–water partition coefficient (Wildman–Crippen LogP) is 3.47. The molecule has 5 rings (SSSR count). The summed E-state index contributed by atoms with van der Waals surface area (Å²) in [6.45, 7) is 6.57. The molecule has 1 saturated heterocycles. The summed E-state index contributed by atoms with van der Waals surface area (Å²) in [5.41, 5.74) is 2.58. The number of likely N-dealkylation sites (tertiary alicyclic amines) is 1. The summed E-state index contributed by atoms with van der Waals surface area (Å²) in [6.07, 6.45) is 8.46. The Morgan fingerprint density at radius 2 is 1.81 bits per heavy atom.